The molecule has 1 atom stereocenters. The zero-order valence-electron chi connectivity index (χ0n) is 13.5. The molecule has 0 spiro atoms. The van der Waals surface area contributed by atoms with Crippen molar-refractivity contribution in [3.05, 3.63) is 17.3 Å². The molecule has 2 fully saturated rings. The van der Waals surface area contributed by atoms with Crippen LogP contribution in [0.1, 0.15) is 36.9 Å². The van der Waals surface area contributed by atoms with Gasteiger partial charge in [-0.1, -0.05) is 0 Å². The smallest absolute Gasteiger partial charge is 0.151 e. The maximum absolute atomic E-state index is 5.85. The van der Waals surface area contributed by atoms with Gasteiger partial charge in [0.15, 0.2) is 5.82 Å². The minimum atomic E-state index is 0.438. The molecule has 1 aromatic heterocycles. The van der Waals surface area contributed by atoms with Gasteiger partial charge in [-0.3, -0.25) is 4.90 Å². The third-order valence-corrected chi connectivity index (χ3v) is 5.38. The number of ether oxygens (including phenoxy) is 1. The van der Waals surface area contributed by atoms with Crippen molar-refractivity contribution in [2.75, 3.05) is 38.2 Å². The molecule has 0 radical (unpaired) electrons. The molecule has 5 nitrogen and oxygen atoms in total. The minimum absolute atomic E-state index is 0.438. The lowest BCUT2D eigenvalue weighted by Crippen LogP contribution is -2.60. The molecular weight excluding hydrogens is 276 g/mol. The fourth-order valence-electron chi connectivity index (χ4n) is 3.81. The van der Waals surface area contributed by atoms with E-state index in [1.807, 2.05) is 0 Å². The third kappa shape index (κ3) is 2.84. The fourth-order valence-corrected chi connectivity index (χ4v) is 3.81. The predicted octanol–water partition coefficient (Wildman–Crippen LogP) is 1.65. The molecule has 2 aliphatic heterocycles. The molecule has 4 rings (SSSR count). The average molecular weight is 302 g/mol. The average Bonchev–Trinajstić information content (AvgIpc) is 2.94. The maximum atomic E-state index is 5.85. The summed E-state index contributed by atoms with van der Waals surface area (Å²) in [5.74, 6) is 1.07. The summed E-state index contributed by atoms with van der Waals surface area (Å²) in [6.07, 6.45) is 7.72. The summed E-state index contributed by atoms with van der Waals surface area (Å²) in [6, 6.07) is 2.89. The molecule has 3 aliphatic rings. The minimum Gasteiger partial charge on any atom is -0.377 e. The zero-order valence-corrected chi connectivity index (χ0v) is 13.5. The Morgan fingerprint density at radius 3 is 2.95 bits per heavy atom. The molecule has 0 aromatic carbocycles. The SMILES string of the molecule is CN(CC1CCCCO1)C1CN(c2cc3c(nn2)CCC3)C1. The molecule has 0 amide bonds. The van der Waals surface area contributed by atoms with Gasteiger partial charge in [-0.2, -0.15) is 5.10 Å². The Hall–Kier alpha value is -1.20. The van der Waals surface area contributed by atoms with Crippen LogP contribution in [0.25, 0.3) is 0 Å². The number of aromatic nitrogens is 2. The van der Waals surface area contributed by atoms with Crippen LogP contribution in [-0.2, 0) is 17.6 Å². The Labute approximate surface area is 132 Å². The molecule has 0 N–H and O–H groups in total. The van der Waals surface area contributed by atoms with E-state index in [4.69, 9.17) is 4.74 Å². The Morgan fingerprint density at radius 1 is 1.23 bits per heavy atom. The van der Waals surface area contributed by atoms with Gasteiger partial charge in [0.2, 0.25) is 0 Å². The summed E-state index contributed by atoms with van der Waals surface area (Å²) in [5, 5.41) is 8.81. The standard InChI is InChI=1S/C17H26N4O/c1-20(12-15-6-2-3-8-22-15)14-10-21(11-14)17-9-13-5-4-7-16(13)18-19-17/h9,14-15H,2-8,10-12H2,1H3. The Balaban J connectivity index is 1.30. The van der Waals surface area contributed by atoms with Gasteiger partial charge >= 0.3 is 0 Å². The molecule has 5 heteroatoms. The van der Waals surface area contributed by atoms with Crippen LogP contribution in [0.5, 0.6) is 0 Å². The van der Waals surface area contributed by atoms with Crippen LogP contribution in [0.2, 0.25) is 0 Å². The van der Waals surface area contributed by atoms with Crippen molar-refractivity contribution in [2.24, 2.45) is 0 Å². The van der Waals surface area contributed by atoms with E-state index in [9.17, 15) is 0 Å². The quantitative estimate of drug-likeness (QED) is 0.846. The van der Waals surface area contributed by atoms with Crippen molar-refractivity contribution in [1.82, 2.24) is 15.1 Å². The van der Waals surface area contributed by atoms with Gasteiger partial charge in [0, 0.05) is 32.3 Å². The van der Waals surface area contributed by atoms with Crippen molar-refractivity contribution in [3.8, 4) is 0 Å². The van der Waals surface area contributed by atoms with Crippen LogP contribution in [0.3, 0.4) is 0 Å². The van der Waals surface area contributed by atoms with Crippen molar-refractivity contribution in [3.63, 3.8) is 0 Å². The van der Waals surface area contributed by atoms with Gasteiger partial charge in [0.25, 0.3) is 0 Å². The van der Waals surface area contributed by atoms with E-state index in [2.05, 4.69) is 33.1 Å². The molecule has 1 aromatic rings. The van der Waals surface area contributed by atoms with E-state index < -0.39 is 0 Å². The van der Waals surface area contributed by atoms with Crippen LogP contribution in [0, 0.1) is 0 Å². The fraction of sp³-hybridized carbons (Fsp3) is 0.765. The van der Waals surface area contributed by atoms with Gasteiger partial charge in [0.1, 0.15) is 0 Å². The van der Waals surface area contributed by atoms with Crippen molar-refractivity contribution in [1.29, 1.82) is 0 Å². The van der Waals surface area contributed by atoms with E-state index >= 15 is 0 Å². The molecule has 2 saturated heterocycles. The van der Waals surface area contributed by atoms with Crippen LogP contribution in [-0.4, -0.2) is 60.5 Å². The molecule has 0 saturated carbocycles. The number of hydrogen-bond donors (Lipinski definition) is 0. The van der Waals surface area contributed by atoms with Crippen LogP contribution in [0.4, 0.5) is 5.82 Å². The number of nitrogens with zero attached hydrogens (tertiary/aromatic N) is 4. The van der Waals surface area contributed by atoms with Crippen molar-refractivity contribution < 1.29 is 4.74 Å². The van der Waals surface area contributed by atoms with Crippen LogP contribution >= 0.6 is 0 Å². The summed E-state index contributed by atoms with van der Waals surface area (Å²) in [4.78, 5) is 4.82. The van der Waals surface area contributed by atoms with Gasteiger partial charge in [-0.05, 0) is 57.2 Å². The molecule has 0 bridgehead atoms. The second-order valence-corrected chi connectivity index (χ2v) is 7.01. The molecule has 120 valence electrons. The largest absolute Gasteiger partial charge is 0.377 e. The van der Waals surface area contributed by atoms with Crippen LogP contribution in [0.15, 0.2) is 6.07 Å². The van der Waals surface area contributed by atoms with Crippen molar-refractivity contribution >= 4 is 5.82 Å². The Kier molecular flexibility index (Phi) is 4.01. The lowest BCUT2D eigenvalue weighted by atomic mass is 10.0. The Bertz CT molecular complexity index is 523. The van der Waals surface area contributed by atoms with E-state index in [-0.39, 0.29) is 0 Å². The number of hydrogen-bond acceptors (Lipinski definition) is 5. The highest BCUT2D eigenvalue weighted by Crippen LogP contribution is 2.26. The van der Waals surface area contributed by atoms with Gasteiger partial charge < -0.3 is 9.64 Å². The highest BCUT2D eigenvalue weighted by atomic mass is 16.5. The van der Waals surface area contributed by atoms with E-state index in [0.717, 1.165) is 38.5 Å². The first-order valence-corrected chi connectivity index (χ1v) is 8.72. The second-order valence-electron chi connectivity index (χ2n) is 7.01. The molecule has 1 aliphatic carbocycles. The molecular formula is C17H26N4O. The lowest BCUT2D eigenvalue weighted by molar-refractivity contribution is -0.0102. The van der Waals surface area contributed by atoms with Crippen LogP contribution < -0.4 is 4.90 Å². The first-order valence-electron chi connectivity index (χ1n) is 8.72. The van der Waals surface area contributed by atoms with E-state index in [0.29, 0.717) is 12.1 Å². The first kappa shape index (κ1) is 14.4. The van der Waals surface area contributed by atoms with Gasteiger partial charge in [-0.25, -0.2) is 0 Å². The summed E-state index contributed by atoms with van der Waals surface area (Å²) >= 11 is 0. The topological polar surface area (TPSA) is 41.5 Å². The number of aryl methyl sites for hydroxylation is 2. The predicted molar refractivity (Wildman–Crippen MR) is 86.3 cm³/mol. The number of likely N-dealkylation sites (N-methyl/N-ethyl adjacent to an activating group) is 1. The van der Waals surface area contributed by atoms with Gasteiger partial charge in [-0.15, -0.1) is 5.10 Å². The number of fused-ring (bicyclic) bond motifs is 1. The summed E-state index contributed by atoms with van der Waals surface area (Å²) in [7, 11) is 2.23. The highest BCUT2D eigenvalue weighted by molar-refractivity contribution is 5.45. The Morgan fingerprint density at radius 2 is 2.14 bits per heavy atom. The van der Waals surface area contributed by atoms with Crippen molar-refractivity contribution in [2.45, 2.75) is 50.7 Å². The van der Waals surface area contributed by atoms with E-state index in [1.54, 1.807) is 0 Å². The van der Waals surface area contributed by atoms with E-state index in [1.165, 1.54) is 43.4 Å². The molecule has 1 unspecified atom stereocenters. The molecule has 3 heterocycles. The third-order valence-electron chi connectivity index (χ3n) is 5.38. The monoisotopic (exact) mass is 302 g/mol. The zero-order chi connectivity index (χ0) is 14.9. The molecule has 22 heavy (non-hydrogen) atoms. The maximum Gasteiger partial charge on any atom is 0.151 e. The first-order chi connectivity index (χ1) is 10.8. The van der Waals surface area contributed by atoms with Gasteiger partial charge in [0.05, 0.1) is 11.8 Å². The lowest BCUT2D eigenvalue weighted by Gasteiger charge is -2.45. The second kappa shape index (κ2) is 6.13. The number of anilines is 1. The highest BCUT2D eigenvalue weighted by Gasteiger charge is 2.33. The normalized spacial score (nSPS) is 25.4. The summed E-state index contributed by atoms with van der Waals surface area (Å²) < 4.78 is 5.85. The summed E-state index contributed by atoms with van der Waals surface area (Å²) in [6.45, 7) is 4.14. The number of rotatable bonds is 4. The summed E-state index contributed by atoms with van der Waals surface area (Å²) in [5.41, 5.74) is 2.63.